The fourth-order valence-corrected chi connectivity index (χ4v) is 4.38. The van der Waals surface area contributed by atoms with Gasteiger partial charge >= 0.3 is 5.97 Å². The van der Waals surface area contributed by atoms with Crippen LogP contribution in [-0.2, 0) is 26.0 Å². The topological polar surface area (TPSA) is 120 Å². The van der Waals surface area contributed by atoms with Gasteiger partial charge in [0.15, 0.2) is 0 Å². The number of carbonyl (C=O) groups is 2. The third kappa shape index (κ3) is 4.48. The van der Waals surface area contributed by atoms with Crippen molar-refractivity contribution in [3.63, 3.8) is 0 Å². The third-order valence-corrected chi connectivity index (χ3v) is 6.21. The Morgan fingerprint density at radius 2 is 2.11 bits per heavy atom. The Morgan fingerprint density at radius 3 is 2.81 bits per heavy atom. The first kappa shape index (κ1) is 19.4. The maximum atomic E-state index is 12.6. The zero-order valence-corrected chi connectivity index (χ0v) is 15.8. The molecule has 1 aliphatic heterocycles. The Kier molecular flexibility index (Phi) is 5.52. The van der Waals surface area contributed by atoms with E-state index in [1.807, 2.05) is 24.3 Å². The van der Waals surface area contributed by atoms with Crippen LogP contribution in [0.15, 0.2) is 30.5 Å². The van der Waals surface area contributed by atoms with E-state index < -0.39 is 33.9 Å². The number of nitrogens with one attached hydrogen (secondary N) is 2. The lowest BCUT2D eigenvalue weighted by Crippen LogP contribution is -2.49. The van der Waals surface area contributed by atoms with Gasteiger partial charge in [-0.1, -0.05) is 18.2 Å². The highest BCUT2D eigenvalue weighted by atomic mass is 32.2. The molecule has 0 aliphatic carbocycles. The molecule has 1 aromatic heterocycles. The number of para-hydroxylation sites is 1. The lowest BCUT2D eigenvalue weighted by Gasteiger charge is -2.30. The lowest BCUT2D eigenvalue weighted by atomic mass is 9.97. The summed E-state index contributed by atoms with van der Waals surface area (Å²) in [5.41, 5.74) is 1.71. The second-order valence-corrected chi connectivity index (χ2v) is 8.91. The number of sulfonamides is 1. The van der Waals surface area contributed by atoms with Crippen molar-refractivity contribution in [2.45, 2.75) is 25.3 Å². The monoisotopic (exact) mass is 393 g/mol. The quantitative estimate of drug-likeness (QED) is 0.675. The first-order valence-corrected chi connectivity index (χ1v) is 10.6. The van der Waals surface area contributed by atoms with Crippen molar-refractivity contribution in [2.24, 2.45) is 5.92 Å². The highest BCUT2D eigenvalue weighted by Gasteiger charge is 2.32. The largest absolute Gasteiger partial charge is 0.480 e. The molecule has 1 amide bonds. The average Bonchev–Trinajstić information content (AvgIpc) is 3.03. The Balaban J connectivity index is 1.71. The van der Waals surface area contributed by atoms with Crippen LogP contribution >= 0.6 is 0 Å². The molecular weight excluding hydrogens is 370 g/mol. The lowest BCUT2D eigenvalue weighted by molar-refractivity contribution is -0.142. The Morgan fingerprint density at radius 1 is 1.37 bits per heavy atom. The number of amides is 1. The molecule has 8 nitrogen and oxygen atoms in total. The van der Waals surface area contributed by atoms with Crippen LogP contribution in [0.3, 0.4) is 0 Å². The normalized spacial score (nSPS) is 19.7. The Bertz CT molecular complexity index is 953. The smallest absolute Gasteiger partial charge is 0.326 e. The summed E-state index contributed by atoms with van der Waals surface area (Å²) in [6, 6.07) is 6.47. The number of H-pyrrole nitrogens is 1. The zero-order chi connectivity index (χ0) is 19.6. The van der Waals surface area contributed by atoms with Crippen LogP contribution in [0.1, 0.15) is 18.4 Å². The van der Waals surface area contributed by atoms with Gasteiger partial charge in [0.1, 0.15) is 6.04 Å². The molecule has 3 N–H and O–H groups in total. The van der Waals surface area contributed by atoms with Crippen molar-refractivity contribution in [1.82, 2.24) is 14.6 Å². The number of fused-ring (bicyclic) bond motifs is 1. The number of carboxylic acid groups (broad SMARTS) is 1. The molecule has 146 valence electrons. The fourth-order valence-electron chi connectivity index (χ4n) is 3.47. The second-order valence-electron chi connectivity index (χ2n) is 6.92. The summed E-state index contributed by atoms with van der Waals surface area (Å²) >= 11 is 0. The number of hydrogen-bond acceptors (Lipinski definition) is 4. The van der Waals surface area contributed by atoms with Gasteiger partial charge in [0.25, 0.3) is 0 Å². The number of aromatic nitrogens is 1. The number of piperidine rings is 1. The molecular formula is C18H23N3O5S. The van der Waals surface area contributed by atoms with Crippen molar-refractivity contribution in [1.29, 1.82) is 0 Å². The van der Waals surface area contributed by atoms with Crippen LogP contribution in [-0.4, -0.2) is 60.1 Å². The predicted octanol–water partition coefficient (Wildman–Crippen LogP) is 0.951. The number of nitrogens with zero attached hydrogens (tertiary/aromatic N) is 1. The van der Waals surface area contributed by atoms with Gasteiger partial charge in [0.2, 0.25) is 15.9 Å². The van der Waals surface area contributed by atoms with E-state index in [0.29, 0.717) is 19.4 Å². The van der Waals surface area contributed by atoms with Gasteiger partial charge < -0.3 is 15.4 Å². The molecule has 1 saturated heterocycles. The fraction of sp³-hybridized carbons (Fsp3) is 0.444. The third-order valence-electron chi connectivity index (χ3n) is 4.94. The zero-order valence-electron chi connectivity index (χ0n) is 15.0. The minimum atomic E-state index is -3.37. The van der Waals surface area contributed by atoms with Crippen molar-refractivity contribution in [3.05, 3.63) is 36.0 Å². The summed E-state index contributed by atoms with van der Waals surface area (Å²) in [6.07, 6.45) is 4.12. The van der Waals surface area contributed by atoms with Crippen molar-refractivity contribution >= 4 is 32.8 Å². The standard InChI is InChI=1S/C18H23N3O5S/c1-27(25,26)21-8-4-5-12(11-21)17(22)20-16(18(23)24)9-13-10-19-15-7-3-2-6-14(13)15/h2-3,6-7,10,12,16,19H,4-5,8-9,11H2,1H3,(H,20,22)(H,23,24)/t12-,16-/m1/s1. The minimum Gasteiger partial charge on any atom is -0.480 e. The summed E-state index contributed by atoms with van der Waals surface area (Å²) in [4.78, 5) is 27.3. The molecule has 2 atom stereocenters. The molecule has 1 aliphatic rings. The van der Waals surface area contributed by atoms with E-state index in [4.69, 9.17) is 0 Å². The molecule has 27 heavy (non-hydrogen) atoms. The van der Waals surface area contributed by atoms with Gasteiger partial charge in [-0.2, -0.15) is 0 Å². The first-order chi connectivity index (χ1) is 12.8. The molecule has 0 saturated carbocycles. The molecule has 2 aromatic rings. The van der Waals surface area contributed by atoms with Crippen molar-refractivity contribution in [3.8, 4) is 0 Å². The summed E-state index contributed by atoms with van der Waals surface area (Å²) in [6.45, 7) is 0.477. The minimum absolute atomic E-state index is 0.0874. The number of rotatable bonds is 6. The van der Waals surface area contributed by atoms with Crippen LogP contribution < -0.4 is 5.32 Å². The highest BCUT2D eigenvalue weighted by molar-refractivity contribution is 7.88. The molecule has 0 radical (unpaired) electrons. The number of benzene rings is 1. The van der Waals surface area contributed by atoms with Gasteiger partial charge in [-0.05, 0) is 24.5 Å². The van der Waals surface area contributed by atoms with Crippen LogP contribution in [0.2, 0.25) is 0 Å². The number of carbonyl (C=O) groups excluding carboxylic acids is 1. The molecule has 1 fully saturated rings. The van der Waals surface area contributed by atoms with E-state index in [-0.39, 0.29) is 13.0 Å². The van der Waals surface area contributed by atoms with Gasteiger partial charge in [-0.15, -0.1) is 0 Å². The number of aromatic amines is 1. The van der Waals surface area contributed by atoms with Crippen LogP contribution in [0.5, 0.6) is 0 Å². The molecule has 1 aromatic carbocycles. The predicted molar refractivity (Wildman–Crippen MR) is 101 cm³/mol. The number of hydrogen-bond donors (Lipinski definition) is 3. The average molecular weight is 393 g/mol. The Labute approximate surface area is 157 Å². The molecule has 0 spiro atoms. The maximum absolute atomic E-state index is 12.6. The van der Waals surface area contributed by atoms with E-state index in [9.17, 15) is 23.1 Å². The molecule has 9 heteroatoms. The molecule has 0 unspecified atom stereocenters. The molecule has 3 rings (SSSR count). The van der Waals surface area contributed by atoms with Crippen LogP contribution in [0.4, 0.5) is 0 Å². The molecule has 2 heterocycles. The summed E-state index contributed by atoms with van der Waals surface area (Å²) in [5.74, 6) is -2.08. The first-order valence-electron chi connectivity index (χ1n) is 8.79. The van der Waals surface area contributed by atoms with E-state index in [1.165, 1.54) is 4.31 Å². The van der Waals surface area contributed by atoms with Crippen molar-refractivity contribution < 1.29 is 23.1 Å². The van der Waals surface area contributed by atoms with Crippen LogP contribution in [0, 0.1) is 5.92 Å². The maximum Gasteiger partial charge on any atom is 0.326 e. The highest BCUT2D eigenvalue weighted by Crippen LogP contribution is 2.21. The van der Waals surface area contributed by atoms with Gasteiger partial charge in [-0.3, -0.25) is 4.79 Å². The van der Waals surface area contributed by atoms with E-state index >= 15 is 0 Å². The molecule has 0 bridgehead atoms. The number of aliphatic carboxylic acids is 1. The van der Waals surface area contributed by atoms with Gasteiger partial charge in [0.05, 0.1) is 12.2 Å². The van der Waals surface area contributed by atoms with Crippen molar-refractivity contribution in [2.75, 3.05) is 19.3 Å². The Hall–Kier alpha value is -2.39. The van der Waals surface area contributed by atoms with E-state index in [0.717, 1.165) is 22.7 Å². The summed E-state index contributed by atoms with van der Waals surface area (Å²) < 4.78 is 24.7. The summed E-state index contributed by atoms with van der Waals surface area (Å²) in [7, 11) is -3.37. The van der Waals surface area contributed by atoms with Gasteiger partial charge in [-0.25, -0.2) is 17.5 Å². The van der Waals surface area contributed by atoms with E-state index in [1.54, 1.807) is 6.20 Å². The van der Waals surface area contributed by atoms with Gasteiger partial charge in [0, 0.05) is 36.6 Å². The number of carboxylic acids is 1. The second kappa shape index (κ2) is 7.69. The summed E-state index contributed by atoms with van der Waals surface area (Å²) in [5, 5.41) is 13.0. The van der Waals surface area contributed by atoms with Crippen LogP contribution in [0.25, 0.3) is 10.9 Å². The SMILES string of the molecule is CS(=O)(=O)N1CCC[C@@H](C(=O)N[C@H](Cc2c[nH]c3ccccc23)C(=O)O)C1. The van der Waals surface area contributed by atoms with E-state index in [2.05, 4.69) is 10.3 Å².